The standard InChI is InChI=1S/C17H10Cl2N2O2S/c18-11-1-4-13(5-2-11)21-9-15(22)16(17(23)24-21)14-6-3-12(19)7-10(14)8-20/h1-7,16H,9H2. The van der Waals surface area contributed by atoms with Gasteiger partial charge in [0.25, 0.3) is 0 Å². The van der Waals surface area contributed by atoms with Gasteiger partial charge in [0.1, 0.15) is 5.92 Å². The van der Waals surface area contributed by atoms with Gasteiger partial charge >= 0.3 is 0 Å². The van der Waals surface area contributed by atoms with Crippen molar-refractivity contribution in [3.05, 3.63) is 63.6 Å². The van der Waals surface area contributed by atoms with Crippen LogP contribution in [0.15, 0.2) is 42.5 Å². The quantitative estimate of drug-likeness (QED) is 0.580. The summed E-state index contributed by atoms with van der Waals surface area (Å²) in [6, 6.07) is 13.5. The molecule has 24 heavy (non-hydrogen) atoms. The number of carbonyl (C=O) groups excluding carboxylic acids is 2. The molecule has 0 bridgehead atoms. The third-order valence-corrected chi connectivity index (χ3v) is 5.08. The van der Waals surface area contributed by atoms with Gasteiger partial charge in [-0.3, -0.25) is 9.59 Å². The van der Waals surface area contributed by atoms with Gasteiger partial charge in [-0.15, -0.1) is 0 Å². The van der Waals surface area contributed by atoms with E-state index >= 15 is 0 Å². The number of carbonyl (C=O) groups is 2. The highest BCUT2D eigenvalue weighted by Crippen LogP contribution is 2.36. The smallest absolute Gasteiger partial charge is 0.224 e. The molecule has 1 fully saturated rings. The van der Waals surface area contributed by atoms with E-state index in [9.17, 15) is 14.9 Å². The van der Waals surface area contributed by atoms with Gasteiger partial charge < -0.3 is 4.31 Å². The van der Waals surface area contributed by atoms with E-state index in [0.29, 0.717) is 15.6 Å². The molecule has 1 aliphatic heterocycles. The lowest BCUT2D eigenvalue weighted by Crippen LogP contribution is -2.38. The summed E-state index contributed by atoms with van der Waals surface area (Å²) in [7, 11) is 0. The zero-order chi connectivity index (χ0) is 17.3. The number of Topliss-reactive ketones (excluding diaryl/α,β-unsaturated/α-hetero) is 1. The van der Waals surface area contributed by atoms with Crippen molar-refractivity contribution in [3.63, 3.8) is 0 Å². The number of halogens is 2. The summed E-state index contributed by atoms with van der Waals surface area (Å²) in [6.07, 6.45) is 0. The Bertz CT molecular complexity index is 844. The molecule has 2 aromatic carbocycles. The van der Waals surface area contributed by atoms with Crippen molar-refractivity contribution in [2.24, 2.45) is 0 Å². The van der Waals surface area contributed by atoms with Gasteiger partial charge in [0.15, 0.2) is 5.78 Å². The summed E-state index contributed by atoms with van der Waals surface area (Å²) in [4.78, 5) is 25.1. The van der Waals surface area contributed by atoms with E-state index in [1.807, 2.05) is 6.07 Å². The van der Waals surface area contributed by atoms with Crippen LogP contribution in [-0.2, 0) is 9.59 Å². The number of hydrogen-bond acceptors (Lipinski definition) is 5. The summed E-state index contributed by atoms with van der Waals surface area (Å²) < 4.78 is 1.62. The van der Waals surface area contributed by atoms with Crippen molar-refractivity contribution in [1.29, 1.82) is 5.26 Å². The zero-order valence-corrected chi connectivity index (χ0v) is 14.5. The molecule has 1 heterocycles. The minimum Gasteiger partial charge on any atom is -0.302 e. The molecular formula is C17H10Cl2N2O2S. The molecule has 0 aromatic heterocycles. The van der Waals surface area contributed by atoms with Gasteiger partial charge in [-0.05, 0) is 42.0 Å². The highest BCUT2D eigenvalue weighted by molar-refractivity contribution is 8.15. The van der Waals surface area contributed by atoms with E-state index in [1.165, 1.54) is 6.07 Å². The highest BCUT2D eigenvalue weighted by atomic mass is 35.5. The number of benzene rings is 2. The van der Waals surface area contributed by atoms with Crippen LogP contribution in [-0.4, -0.2) is 17.4 Å². The average molecular weight is 377 g/mol. The lowest BCUT2D eigenvalue weighted by atomic mass is 9.91. The van der Waals surface area contributed by atoms with Crippen molar-refractivity contribution < 1.29 is 9.59 Å². The minimum atomic E-state index is -0.953. The number of nitrogens with zero attached hydrogens (tertiary/aromatic N) is 2. The molecule has 0 saturated carbocycles. The lowest BCUT2D eigenvalue weighted by Gasteiger charge is -2.30. The van der Waals surface area contributed by atoms with Gasteiger partial charge in [0.2, 0.25) is 5.12 Å². The van der Waals surface area contributed by atoms with Crippen LogP contribution in [0.3, 0.4) is 0 Å². The molecule has 0 aliphatic carbocycles. The van der Waals surface area contributed by atoms with Crippen LogP contribution in [0.25, 0.3) is 0 Å². The summed E-state index contributed by atoms with van der Waals surface area (Å²) in [5.74, 6) is -1.21. The lowest BCUT2D eigenvalue weighted by molar-refractivity contribution is -0.124. The largest absolute Gasteiger partial charge is 0.302 e. The van der Waals surface area contributed by atoms with Crippen LogP contribution in [0, 0.1) is 11.3 Å². The van der Waals surface area contributed by atoms with Crippen molar-refractivity contribution in [2.45, 2.75) is 5.92 Å². The average Bonchev–Trinajstić information content (AvgIpc) is 2.56. The van der Waals surface area contributed by atoms with Crippen LogP contribution in [0.5, 0.6) is 0 Å². The van der Waals surface area contributed by atoms with E-state index in [0.717, 1.165) is 17.6 Å². The SMILES string of the molecule is N#Cc1cc(Cl)ccc1C1C(=O)CN(c2ccc(Cl)cc2)SC1=O. The molecule has 4 nitrogen and oxygen atoms in total. The fourth-order valence-corrected chi connectivity index (χ4v) is 3.78. The fourth-order valence-electron chi connectivity index (χ4n) is 2.49. The highest BCUT2D eigenvalue weighted by Gasteiger charge is 2.38. The maximum atomic E-state index is 12.6. The normalized spacial score (nSPS) is 17.7. The number of rotatable bonds is 2. The molecule has 1 atom stereocenters. The van der Waals surface area contributed by atoms with Crippen LogP contribution in [0.1, 0.15) is 17.0 Å². The molecule has 1 aliphatic rings. The van der Waals surface area contributed by atoms with Gasteiger partial charge in [0.05, 0.1) is 18.2 Å². The second-order valence-electron chi connectivity index (χ2n) is 5.17. The number of hydrogen-bond donors (Lipinski definition) is 0. The summed E-state index contributed by atoms with van der Waals surface area (Å²) in [5, 5.41) is 9.89. The van der Waals surface area contributed by atoms with Crippen molar-refractivity contribution in [3.8, 4) is 6.07 Å². The molecule has 1 saturated heterocycles. The predicted molar refractivity (Wildman–Crippen MR) is 95.3 cm³/mol. The Morgan fingerprint density at radius 1 is 1.08 bits per heavy atom. The Morgan fingerprint density at radius 3 is 2.38 bits per heavy atom. The van der Waals surface area contributed by atoms with Crippen molar-refractivity contribution >= 4 is 51.7 Å². The third kappa shape index (κ3) is 3.27. The second kappa shape index (κ2) is 6.86. The first-order chi connectivity index (χ1) is 11.5. The van der Waals surface area contributed by atoms with Crippen LogP contribution >= 0.6 is 35.1 Å². The van der Waals surface area contributed by atoms with Crippen LogP contribution in [0.4, 0.5) is 5.69 Å². The molecular weight excluding hydrogens is 367 g/mol. The maximum Gasteiger partial charge on any atom is 0.224 e. The molecule has 2 aromatic rings. The Kier molecular flexibility index (Phi) is 4.81. The molecule has 0 N–H and O–H groups in total. The second-order valence-corrected chi connectivity index (χ2v) is 7.06. The first-order valence-electron chi connectivity index (χ1n) is 6.97. The first kappa shape index (κ1) is 16.8. The Balaban J connectivity index is 1.90. The third-order valence-electron chi connectivity index (χ3n) is 3.62. The first-order valence-corrected chi connectivity index (χ1v) is 8.49. The molecule has 0 amide bonds. The summed E-state index contributed by atoms with van der Waals surface area (Å²) in [5.41, 5.74) is 1.37. The van der Waals surface area contributed by atoms with Crippen molar-refractivity contribution in [1.82, 2.24) is 0 Å². The monoisotopic (exact) mass is 376 g/mol. The summed E-state index contributed by atoms with van der Waals surface area (Å²) >= 11 is 12.7. The topological polar surface area (TPSA) is 61.2 Å². The maximum absolute atomic E-state index is 12.6. The van der Waals surface area contributed by atoms with E-state index in [2.05, 4.69) is 0 Å². The molecule has 0 spiro atoms. The molecule has 1 unspecified atom stereocenters. The Morgan fingerprint density at radius 2 is 1.75 bits per heavy atom. The number of anilines is 1. The van der Waals surface area contributed by atoms with Crippen LogP contribution < -0.4 is 4.31 Å². The van der Waals surface area contributed by atoms with E-state index in [-0.39, 0.29) is 23.0 Å². The van der Waals surface area contributed by atoms with Crippen molar-refractivity contribution in [2.75, 3.05) is 10.8 Å². The van der Waals surface area contributed by atoms with E-state index in [4.69, 9.17) is 23.2 Å². The molecule has 120 valence electrons. The minimum absolute atomic E-state index is 0.0657. The molecule has 3 rings (SSSR count). The zero-order valence-electron chi connectivity index (χ0n) is 12.2. The fraction of sp³-hybridized carbons (Fsp3) is 0.118. The van der Waals surface area contributed by atoms with E-state index in [1.54, 1.807) is 40.7 Å². The molecule has 7 heteroatoms. The summed E-state index contributed by atoms with van der Waals surface area (Å²) in [6.45, 7) is 0.0657. The van der Waals surface area contributed by atoms with Gasteiger partial charge in [-0.25, -0.2) is 0 Å². The predicted octanol–water partition coefficient (Wildman–Crippen LogP) is 4.21. The van der Waals surface area contributed by atoms with E-state index < -0.39 is 5.92 Å². The van der Waals surface area contributed by atoms with Crippen LogP contribution in [0.2, 0.25) is 10.0 Å². The number of ketones is 1. The number of nitriles is 1. The van der Waals surface area contributed by atoms with Gasteiger partial charge in [0, 0.05) is 27.7 Å². The Hall–Kier alpha value is -2.00. The molecule has 0 radical (unpaired) electrons. The Labute approximate surface area is 153 Å². The van der Waals surface area contributed by atoms with Gasteiger partial charge in [-0.2, -0.15) is 5.26 Å². The van der Waals surface area contributed by atoms with Gasteiger partial charge in [-0.1, -0.05) is 29.3 Å².